The van der Waals surface area contributed by atoms with E-state index < -0.39 is 66.0 Å². The van der Waals surface area contributed by atoms with Crippen molar-refractivity contribution in [1.82, 2.24) is 5.32 Å². The van der Waals surface area contributed by atoms with Gasteiger partial charge in [-0.2, -0.15) is 8.42 Å². The second-order valence-electron chi connectivity index (χ2n) is 5.24. The van der Waals surface area contributed by atoms with Crippen LogP contribution in [0.15, 0.2) is 0 Å². The monoisotopic (exact) mass is 407 g/mol. The molecule has 0 radical (unpaired) electrons. The Hall–Kier alpha value is -0.620. The van der Waals surface area contributed by atoms with E-state index in [9.17, 15) is 39.2 Å². The minimum atomic E-state index is -4.99. The Balaban J connectivity index is 0. The van der Waals surface area contributed by atoms with E-state index in [1.165, 1.54) is 0 Å². The van der Waals surface area contributed by atoms with E-state index in [1.807, 2.05) is 14.1 Å². The summed E-state index contributed by atoms with van der Waals surface area (Å²) in [6.45, 7) is -0.805. The molecule has 0 saturated carbocycles. The second kappa shape index (κ2) is 13.6. The second-order valence-corrected chi connectivity index (χ2v) is 6.74. The van der Waals surface area contributed by atoms with Crippen LogP contribution in [-0.2, 0) is 10.1 Å². The molecule has 4 nitrogen and oxygen atoms in total. The summed E-state index contributed by atoms with van der Waals surface area (Å²) < 4.78 is 120. The Kier molecular flexibility index (Phi) is 14.4. The molecule has 0 aliphatic heterocycles. The molecule has 0 aromatic heterocycles. The van der Waals surface area contributed by atoms with Crippen molar-refractivity contribution in [3.05, 3.63) is 0 Å². The van der Waals surface area contributed by atoms with E-state index in [-0.39, 0.29) is 12.8 Å². The molecule has 0 spiro atoms. The maximum absolute atomic E-state index is 13.3. The van der Waals surface area contributed by atoms with Crippen molar-refractivity contribution >= 4 is 10.1 Å². The number of alkyl halides is 7. The average Bonchev–Trinajstić information content (AvgIpc) is 2.51. The van der Waals surface area contributed by atoms with Crippen LogP contribution in [0, 0.1) is 0 Å². The van der Waals surface area contributed by atoms with Gasteiger partial charge in [-0.1, -0.05) is 0 Å². The fraction of sp³-hybridized carbons (Fsp3) is 1.00. The first kappa shape index (κ1) is 26.6. The molecular formula is C13H24F7NO3S. The lowest BCUT2D eigenvalue weighted by atomic mass is 9.99. The minimum Gasteiger partial charge on any atom is -0.323 e. The molecule has 0 aromatic carbocycles. The minimum absolute atomic E-state index is 0.115. The fourth-order valence-electron chi connectivity index (χ4n) is 1.64. The Morgan fingerprint density at radius 3 is 1.60 bits per heavy atom. The molecule has 154 valence electrons. The van der Waals surface area contributed by atoms with Crippen molar-refractivity contribution in [1.29, 1.82) is 0 Å². The molecule has 0 fully saturated rings. The maximum Gasteiger partial charge on any atom is 0.267 e. The highest BCUT2D eigenvalue weighted by atomic mass is 32.2. The van der Waals surface area contributed by atoms with Gasteiger partial charge < -0.3 is 5.32 Å². The van der Waals surface area contributed by atoms with Crippen molar-refractivity contribution in [2.24, 2.45) is 0 Å². The molecule has 6 unspecified atom stereocenters. The molecule has 0 amide bonds. The number of halogens is 7. The van der Waals surface area contributed by atoms with Gasteiger partial charge in [-0.25, -0.2) is 26.3 Å². The van der Waals surface area contributed by atoms with Gasteiger partial charge >= 0.3 is 0 Å². The zero-order valence-corrected chi connectivity index (χ0v) is 14.6. The number of nitrogens with one attached hydrogen (secondary N) is 1. The third kappa shape index (κ3) is 12.4. The summed E-state index contributed by atoms with van der Waals surface area (Å²) in [6, 6.07) is 0. The molecule has 0 saturated heterocycles. The highest BCUT2D eigenvalue weighted by molar-refractivity contribution is 7.85. The van der Waals surface area contributed by atoms with Crippen LogP contribution in [0.3, 0.4) is 0 Å². The molecule has 6 atom stereocenters. The van der Waals surface area contributed by atoms with Gasteiger partial charge in [-0.05, 0) is 33.4 Å². The summed E-state index contributed by atoms with van der Waals surface area (Å²) in [5.41, 5.74) is 0. The molecule has 0 aliphatic carbocycles. The first-order valence-corrected chi connectivity index (χ1v) is 8.97. The summed E-state index contributed by atoms with van der Waals surface area (Å²) >= 11 is 0. The van der Waals surface area contributed by atoms with Crippen LogP contribution in [0.5, 0.6) is 0 Å². The van der Waals surface area contributed by atoms with E-state index in [4.69, 9.17) is 4.55 Å². The molecule has 12 heteroatoms. The van der Waals surface area contributed by atoms with Crippen molar-refractivity contribution in [2.75, 3.05) is 26.5 Å². The van der Waals surface area contributed by atoms with E-state index in [1.54, 1.807) is 0 Å². The molecule has 25 heavy (non-hydrogen) atoms. The lowest BCUT2D eigenvalue weighted by molar-refractivity contribution is -0.0183. The molecule has 0 rings (SSSR count). The van der Waals surface area contributed by atoms with Crippen LogP contribution in [0.1, 0.15) is 19.3 Å². The summed E-state index contributed by atoms with van der Waals surface area (Å²) in [4.78, 5) is 0. The molecule has 0 aliphatic rings. The number of rotatable bonds is 11. The Bertz CT molecular complexity index is 430. The first-order valence-electron chi connectivity index (χ1n) is 7.36. The van der Waals surface area contributed by atoms with Gasteiger partial charge in [0.15, 0.2) is 30.9 Å². The topological polar surface area (TPSA) is 66.4 Å². The average molecular weight is 407 g/mol. The zero-order valence-electron chi connectivity index (χ0n) is 13.8. The number of hydrogen-bond donors (Lipinski definition) is 2. The van der Waals surface area contributed by atoms with Crippen LogP contribution >= 0.6 is 0 Å². The Morgan fingerprint density at radius 1 is 0.840 bits per heavy atom. The summed E-state index contributed by atoms with van der Waals surface area (Å²) in [5, 5.41) is 2.75. The lowest BCUT2D eigenvalue weighted by Crippen LogP contribution is -2.44. The summed E-state index contributed by atoms with van der Waals surface area (Å²) in [7, 11) is -1.24. The van der Waals surface area contributed by atoms with Crippen LogP contribution in [0.4, 0.5) is 30.7 Å². The highest BCUT2D eigenvalue weighted by Gasteiger charge is 2.44. The Labute approximate surface area is 142 Å². The van der Waals surface area contributed by atoms with Crippen LogP contribution in [0.25, 0.3) is 0 Å². The van der Waals surface area contributed by atoms with Gasteiger partial charge in [0.05, 0.1) is 6.67 Å². The smallest absolute Gasteiger partial charge is 0.267 e. The predicted octanol–water partition coefficient (Wildman–Crippen LogP) is 2.88. The van der Waals surface area contributed by atoms with Crippen LogP contribution < -0.4 is 5.32 Å². The summed E-state index contributed by atoms with van der Waals surface area (Å²) in [6.07, 6.45) is -19.9. The molecule has 0 aromatic rings. The highest BCUT2D eigenvalue weighted by Crippen LogP contribution is 2.26. The molecule has 2 N–H and O–H groups in total. The fourth-order valence-corrected chi connectivity index (χ4v) is 2.22. The van der Waals surface area contributed by atoms with E-state index in [0.29, 0.717) is 0 Å². The van der Waals surface area contributed by atoms with Crippen LogP contribution in [-0.4, -0.2) is 76.5 Å². The van der Waals surface area contributed by atoms with Crippen molar-refractivity contribution in [3.8, 4) is 0 Å². The largest absolute Gasteiger partial charge is 0.323 e. The van der Waals surface area contributed by atoms with Gasteiger partial charge in [-0.15, -0.1) is 0 Å². The standard InChI is InChI=1S/C11H17F7O3S.C2H7N/c12-4-2-1-3-6(13)8(15)10(17)11(18)9(16)7(14)5-22(19,20)21;1-3-2/h6-11H,1-5H2,(H,19,20,21);3H,1-2H3. The van der Waals surface area contributed by atoms with Gasteiger partial charge in [0, 0.05) is 0 Å². The van der Waals surface area contributed by atoms with Crippen LogP contribution in [0.2, 0.25) is 0 Å². The molecule has 0 heterocycles. The van der Waals surface area contributed by atoms with Gasteiger partial charge in [0.2, 0.25) is 0 Å². The normalized spacial score (nSPS) is 19.1. The SMILES string of the molecule is CNC.O=S(=O)(O)CC(F)C(F)C(F)C(F)C(F)C(F)CCCCF. The van der Waals surface area contributed by atoms with Gasteiger partial charge in [0.1, 0.15) is 11.9 Å². The maximum atomic E-state index is 13.3. The van der Waals surface area contributed by atoms with Gasteiger partial charge in [0.25, 0.3) is 10.1 Å². The lowest BCUT2D eigenvalue weighted by Gasteiger charge is -2.23. The first-order chi connectivity index (χ1) is 11.4. The van der Waals surface area contributed by atoms with Crippen molar-refractivity contribution in [2.45, 2.75) is 56.3 Å². The Morgan fingerprint density at radius 2 is 1.24 bits per heavy atom. The van der Waals surface area contributed by atoms with E-state index in [2.05, 4.69) is 5.32 Å². The molecular weight excluding hydrogens is 383 g/mol. The third-order valence-electron chi connectivity index (χ3n) is 2.84. The van der Waals surface area contributed by atoms with E-state index in [0.717, 1.165) is 0 Å². The summed E-state index contributed by atoms with van der Waals surface area (Å²) in [5.74, 6) is -1.84. The molecule has 0 bridgehead atoms. The van der Waals surface area contributed by atoms with E-state index >= 15 is 0 Å². The van der Waals surface area contributed by atoms with Gasteiger partial charge in [-0.3, -0.25) is 8.94 Å². The third-order valence-corrected chi connectivity index (χ3v) is 3.58. The predicted molar refractivity (Wildman–Crippen MR) is 80.6 cm³/mol. The quantitative estimate of drug-likeness (QED) is 0.314. The van der Waals surface area contributed by atoms with Crippen molar-refractivity contribution in [3.63, 3.8) is 0 Å². The number of hydrogen-bond acceptors (Lipinski definition) is 3. The number of unbranched alkanes of at least 4 members (excludes halogenated alkanes) is 1. The zero-order chi connectivity index (χ0) is 20.2. The van der Waals surface area contributed by atoms with Crippen molar-refractivity contribution < 1.29 is 43.7 Å².